The van der Waals surface area contributed by atoms with Crippen LogP contribution >= 0.6 is 27.3 Å². The molecule has 0 bridgehead atoms. The Labute approximate surface area is 123 Å². The highest BCUT2D eigenvalue weighted by Crippen LogP contribution is 2.28. The molecule has 19 heavy (non-hydrogen) atoms. The third-order valence-corrected chi connectivity index (χ3v) is 4.40. The molecule has 0 atom stereocenters. The smallest absolute Gasteiger partial charge is 0.283 e. The van der Waals surface area contributed by atoms with E-state index >= 15 is 0 Å². The minimum Gasteiger partial charge on any atom is -0.306 e. The lowest BCUT2D eigenvalue weighted by atomic mass is 10.2. The minimum absolute atomic E-state index is 0.0874. The van der Waals surface area contributed by atoms with Crippen molar-refractivity contribution in [2.75, 3.05) is 0 Å². The van der Waals surface area contributed by atoms with Crippen molar-refractivity contribution in [3.63, 3.8) is 0 Å². The lowest BCUT2D eigenvalue weighted by Crippen LogP contribution is -2.13. The molecule has 0 spiro atoms. The van der Waals surface area contributed by atoms with Crippen molar-refractivity contribution in [1.82, 2.24) is 10.3 Å². The molecule has 2 aromatic rings. The summed E-state index contributed by atoms with van der Waals surface area (Å²) >= 11 is 4.88. The largest absolute Gasteiger partial charge is 0.306 e. The number of thiazole rings is 1. The Bertz CT molecular complexity index is 600. The van der Waals surface area contributed by atoms with E-state index in [1.165, 1.54) is 6.07 Å². The molecule has 1 aromatic carbocycles. The fourth-order valence-corrected chi connectivity index (χ4v) is 2.92. The number of nitro groups is 1. The molecular weight excluding hydrogens is 330 g/mol. The van der Waals surface area contributed by atoms with E-state index in [0.29, 0.717) is 17.6 Å². The summed E-state index contributed by atoms with van der Waals surface area (Å²) in [5.41, 5.74) is 1.96. The second kappa shape index (κ2) is 6.23. The number of rotatable bonds is 5. The SMILES string of the molecule is Cc1csc(CNCc2cccc([N+](=O)[O-])c2Br)n1. The van der Waals surface area contributed by atoms with Crippen LogP contribution in [0.3, 0.4) is 0 Å². The highest BCUT2D eigenvalue weighted by atomic mass is 79.9. The normalized spacial score (nSPS) is 10.6. The first kappa shape index (κ1) is 14.1. The predicted octanol–water partition coefficient (Wildman–Crippen LogP) is 3.41. The Kier molecular flexibility index (Phi) is 4.62. The van der Waals surface area contributed by atoms with Crippen molar-refractivity contribution >= 4 is 33.0 Å². The van der Waals surface area contributed by atoms with Crippen LogP contribution in [-0.4, -0.2) is 9.91 Å². The van der Waals surface area contributed by atoms with Crippen molar-refractivity contribution in [3.8, 4) is 0 Å². The van der Waals surface area contributed by atoms with E-state index in [0.717, 1.165) is 16.3 Å². The number of hydrogen-bond donors (Lipinski definition) is 1. The maximum absolute atomic E-state index is 10.8. The number of nitro benzene ring substituents is 1. The summed E-state index contributed by atoms with van der Waals surface area (Å²) in [6.07, 6.45) is 0. The van der Waals surface area contributed by atoms with Gasteiger partial charge in [0.15, 0.2) is 0 Å². The van der Waals surface area contributed by atoms with Gasteiger partial charge in [-0.15, -0.1) is 11.3 Å². The van der Waals surface area contributed by atoms with Crippen LogP contribution in [0.5, 0.6) is 0 Å². The number of halogens is 1. The fourth-order valence-electron chi connectivity index (χ4n) is 1.63. The zero-order chi connectivity index (χ0) is 13.8. The van der Waals surface area contributed by atoms with Crippen LogP contribution in [0.4, 0.5) is 5.69 Å². The molecule has 0 fully saturated rings. The van der Waals surface area contributed by atoms with Crippen molar-refractivity contribution in [3.05, 3.63) is 54.4 Å². The van der Waals surface area contributed by atoms with E-state index in [4.69, 9.17) is 0 Å². The Hall–Kier alpha value is -1.31. The van der Waals surface area contributed by atoms with E-state index in [2.05, 4.69) is 26.2 Å². The summed E-state index contributed by atoms with van der Waals surface area (Å²) in [6, 6.07) is 5.03. The van der Waals surface area contributed by atoms with E-state index in [9.17, 15) is 10.1 Å². The van der Waals surface area contributed by atoms with E-state index in [1.807, 2.05) is 18.4 Å². The summed E-state index contributed by atoms with van der Waals surface area (Å²) in [4.78, 5) is 14.8. The first-order chi connectivity index (χ1) is 9.08. The summed E-state index contributed by atoms with van der Waals surface area (Å²) in [5, 5.41) is 17.1. The second-order valence-corrected chi connectivity index (χ2v) is 5.73. The van der Waals surface area contributed by atoms with Gasteiger partial charge in [0.05, 0.1) is 9.40 Å². The fraction of sp³-hybridized carbons (Fsp3) is 0.250. The van der Waals surface area contributed by atoms with Gasteiger partial charge in [0, 0.05) is 30.2 Å². The van der Waals surface area contributed by atoms with Crippen LogP contribution in [-0.2, 0) is 13.1 Å². The van der Waals surface area contributed by atoms with Gasteiger partial charge in [0.25, 0.3) is 5.69 Å². The molecule has 0 aliphatic carbocycles. The van der Waals surface area contributed by atoms with Crippen LogP contribution in [0.25, 0.3) is 0 Å². The highest BCUT2D eigenvalue weighted by Gasteiger charge is 2.14. The summed E-state index contributed by atoms with van der Waals surface area (Å²) in [6.45, 7) is 3.17. The molecule has 0 radical (unpaired) electrons. The van der Waals surface area contributed by atoms with Crippen LogP contribution in [0.1, 0.15) is 16.3 Å². The van der Waals surface area contributed by atoms with Gasteiger partial charge in [-0.2, -0.15) is 0 Å². The molecule has 0 amide bonds. The molecule has 0 saturated carbocycles. The Balaban J connectivity index is 2.00. The molecule has 1 N–H and O–H groups in total. The summed E-state index contributed by atoms with van der Waals surface area (Å²) < 4.78 is 0.530. The molecule has 5 nitrogen and oxygen atoms in total. The van der Waals surface area contributed by atoms with Crippen molar-refractivity contribution < 1.29 is 4.92 Å². The van der Waals surface area contributed by atoms with Gasteiger partial charge in [-0.1, -0.05) is 12.1 Å². The molecule has 0 unspecified atom stereocenters. The molecule has 2 rings (SSSR count). The van der Waals surface area contributed by atoms with Gasteiger partial charge < -0.3 is 5.32 Å². The van der Waals surface area contributed by atoms with Crippen molar-refractivity contribution in [1.29, 1.82) is 0 Å². The number of hydrogen-bond acceptors (Lipinski definition) is 5. The number of aryl methyl sites for hydroxylation is 1. The average Bonchev–Trinajstić information content (AvgIpc) is 2.77. The van der Waals surface area contributed by atoms with Crippen LogP contribution in [0.15, 0.2) is 28.1 Å². The van der Waals surface area contributed by atoms with Gasteiger partial charge in [0.2, 0.25) is 0 Å². The number of nitrogens with zero attached hydrogens (tertiary/aromatic N) is 2. The van der Waals surface area contributed by atoms with Crippen LogP contribution < -0.4 is 5.32 Å². The topological polar surface area (TPSA) is 68.1 Å². The number of benzene rings is 1. The Morgan fingerprint density at radius 3 is 2.89 bits per heavy atom. The molecule has 0 aliphatic heterocycles. The summed E-state index contributed by atoms with van der Waals surface area (Å²) in [5.74, 6) is 0. The molecule has 0 aliphatic rings. The second-order valence-electron chi connectivity index (χ2n) is 3.99. The third-order valence-electron chi connectivity index (χ3n) is 2.51. The van der Waals surface area contributed by atoms with E-state index in [1.54, 1.807) is 17.4 Å². The maximum Gasteiger partial charge on any atom is 0.283 e. The lowest BCUT2D eigenvalue weighted by molar-refractivity contribution is -0.385. The van der Waals surface area contributed by atoms with Crippen LogP contribution in [0.2, 0.25) is 0 Å². The lowest BCUT2D eigenvalue weighted by Gasteiger charge is -2.05. The summed E-state index contributed by atoms with van der Waals surface area (Å²) in [7, 11) is 0. The molecule has 1 aromatic heterocycles. The van der Waals surface area contributed by atoms with Gasteiger partial charge in [-0.05, 0) is 28.4 Å². The Morgan fingerprint density at radius 1 is 1.47 bits per heavy atom. The van der Waals surface area contributed by atoms with Gasteiger partial charge in [-0.25, -0.2) is 4.98 Å². The van der Waals surface area contributed by atoms with Crippen molar-refractivity contribution in [2.45, 2.75) is 20.0 Å². The molecule has 1 heterocycles. The first-order valence-electron chi connectivity index (χ1n) is 5.61. The minimum atomic E-state index is -0.391. The quantitative estimate of drug-likeness (QED) is 0.668. The highest BCUT2D eigenvalue weighted by molar-refractivity contribution is 9.10. The number of aromatic nitrogens is 1. The zero-order valence-corrected chi connectivity index (χ0v) is 12.6. The number of nitrogens with one attached hydrogen (secondary N) is 1. The molecule has 7 heteroatoms. The molecular formula is C12H12BrN3O2S. The first-order valence-corrected chi connectivity index (χ1v) is 7.28. The van der Waals surface area contributed by atoms with Gasteiger partial charge in [-0.3, -0.25) is 10.1 Å². The molecule has 100 valence electrons. The standard InChI is InChI=1S/C12H12BrN3O2S/c1-8-7-19-11(15-8)6-14-5-9-3-2-4-10(12(9)13)16(17)18/h2-4,7,14H,5-6H2,1H3. The zero-order valence-electron chi connectivity index (χ0n) is 10.2. The van der Waals surface area contributed by atoms with Gasteiger partial charge >= 0.3 is 0 Å². The Morgan fingerprint density at radius 2 is 2.26 bits per heavy atom. The molecule has 0 saturated heterocycles. The van der Waals surface area contributed by atoms with Gasteiger partial charge in [0.1, 0.15) is 5.01 Å². The van der Waals surface area contributed by atoms with E-state index < -0.39 is 4.92 Å². The van der Waals surface area contributed by atoms with Crippen LogP contribution in [0, 0.1) is 17.0 Å². The monoisotopic (exact) mass is 341 g/mol. The third kappa shape index (κ3) is 3.59. The van der Waals surface area contributed by atoms with E-state index in [-0.39, 0.29) is 5.69 Å². The predicted molar refractivity (Wildman–Crippen MR) is 78.2 cm³/mol. The average molecular weight is 342 g/mol. The maximum atomic E-state index is 10.8. The van der Waals surface area contributed by atoms with Crippen molar-refractivity contribution in [2.24, 2.45) is 0 Å².